The summed E-state index contributed by atoms with van der Waals surface area (Å²) in [7, 11) is 0. The molecule has 0 aromatic carbocycles. The Morgan fingerprint density at radius 1 is 1.19 bits per heavy atom. The Bertz CT molecular complexity index is 613. The maximum absolute atomic E-state index is 5.95. The quantitative estimate of drug-likeness (QED) is 0.847. The maximum atomic E-state index is 5.95. The van der Waals surface area contributed by atoms with Gasteiger partial charge in [-0.1, -0.05) is 6.07 Å². The second-order valence-electron chi connectivity index (χ2n) is 5.95. The molecule has 21 heavy (non-hydrogen) atoms. The van der Waals surface area contributed by atoms with Gasteiger partial charge in [0.1, 0.15) is 5.82 Å². The Labute approximate surface area is 124 Å². The Balaban J connectivity index is 1.51. The molecule has 0 N–H and O–H groups in total. The van der Waals surface area contributed by atoms with E-state index < -0.39 is 0 Å². The van der Waals surface area contributed by atoms with Crippen molar-refractivity contribution in [2.45, 2.75) is 31.6 Å². The fraction of sp³-hybridized carbons (Fsp3) is 0.562. The van der Waals surface area contributed by atoms with E-state index in [4.69, 9.17) is 9.47 Å². The lowest BCUT2D eigenvalue weighted by Crippen LogP contribution is -2.54. The summed E-state index contributed by atoms with van der Waals surface area (Å²) in [5.74, 6) is 0.710. The summed E-state index contributed by atoms with van der Waals surface area (Å²) in [5, 5.41) is 0. The van der Waals surface area contributed by atoms with E-state index in [0.717, 1.165) is 57.0 Å². The van der Waals surface area contributed by atoms with Crippen LogP contribution >= 0.6 is 0 Å². The van der Waals surface area contributed by atoms with Gasteiger partial charge in [-0.25, -0.2) is 4.98 Å². The predicted molar refractivity (Wildman–Crippen MR) is 79.0 cm³/mol. The minimum Gasteiger partial charge on any atom is -0.349 e. The second kappa shape index (κ2) is 5.40. The van der Waals surface area contributed by atoms with E-state index in [9.17, 15) is 0 Å². The van der Waals surface area contributed by atoms with Crippen LogP contribution in [0, 0.1) is 0 Å². The van der Waals surface area contributed by atoms with Crippen molar-refractivity contribution in [2.75, 3.05) is 26.3 Å². The highest BCUT2D eigenvalue weighted by Crippen LogP contribution is 2.30. The molecule has 4 rings (SSSR count). The largest absolute Gasteiger partial charge is 0.349 e. The van der Waals surface area contributed by atoms with E-state index in [1.165, 1.54) is 6.42 Å². The second-order valence-corrected chi connectivity index (χ2v) is 5.95. The number of rotatable bonds is 2. The van der Waals surface area contributed by atoms with E-state index in [1.54, 1.807) is 0 Å². The molecule has 5 nitrogen and oxygen atoms in total. The molecule has 1 atom stereocenters. The molecule has 0 saturated carbocycles. The molecule has 0 amide bonds. The molecule has 2 aliphatic rings. The molecular formula is C16H21N3O2. The molecule has 1 unspecified atom stereocenters. The van der Waals surface area contributed by atoms with Gasteiger partial charge in [-0.15, -0.1) is 0 Å². The van der Waals surface area contributed by atoms with Crippen LogP contribution in [0.5, 0.6) is 0 Å². The molecule has 0 aliphatic carbocycles. The molecule has 0 radical (unpaired) electrons. The van der Waals surface area contributed by atoms with E-state index in [0.29, 0.717) is 0 Å². The van der Waals surface area contributed by atoms with Crippen molar-refractivity contribution in [1.82, 2.24) is 14.3 Å². The number of imidazole rings is 1. The third kappa shape index (κ3) is 2.57. The van der Waals surface area contributed by atoms with Crippen molar-refractivity contribution in [1.29, 1.82) is 0 Å². The Morgan fingerprint density at radius 2 is 2.14 bits per heavy atom. The standard InChI is InChI=1S/C16H21N3O2/c1-3-7-19-14(5-1)11-17-15(19)12-18-8-10-21-16(13-18)6-2-4-9-20-16/h1,3,5,7,11H,2,4,6,8-10,12-13H2. The maximum Gasteiger partial charge on any atom is 0.181 e. The summed E-state index contributed by atoms with van der Waals surface area (Å²) in [4.78, 5) is 6.96. The lowest BCUT2D eigenvalue weighted by atomic mass is 10.0. The average molecular weight is 287 g/mol. The molecule has 1 spiro atoms. The van der Waals surface area contributed by atoms with Crippen LogP contribution in [-0.2, 0) is 16.0 Å². The third-order valence-corrected chi connectivity index (χ3v) is 4.43. The van der Waals surface area contributed by atoms with Gasteiger partial charge in [-0.3, -0.25) is 4.90 Å². The first kappa shape index (κ1) is 13.2. The Kier molecular flexibility index (Phi) is 3.41. The molecule has 2 saturated heterocycles. The molecule has 5 heteroatoms. The van der Waals surface area contributed by atoms with Gasteiger partial charge < -0.3 is 13.9 Å². The van der Waals surface area contributed by atoms with Crippen molar-refractivity contribution < 1.29 is 9.47 Å². The average Bonchev–Trinajstić information content (AvgIpc) is 2.92. The van der Waals surface area contributed by atoms with Crippen LogP contribution in [0.15, 0.2) is 30.6 Å². The van der Waals surface area contributed by atoms with Crippen LogP contribution in [0.25, 0.3) is 5.52 Å². The molecule has 2 aliphatic heterocycles. The third-order valence-electron chi connectivity index (χ3n) is 4.43. The van der Waals surface area contributed by atoms with Gasteiger partial charge in [0.2, 0.25) is 0 Å². The highest BCUT2D eigenvalue weighted by molar-refractivity contribution is 5.45. The minimum absolute atomic E-state index is 0.371. The summed E-state index contributed by atoms with van der Waals surface area (Å²) < 4.78 is 14.1. The fourth-order valence-electron chi connectivity index (χ4n) is 3.34. The number of hydrogen-bond donors (Lipinski definition) is 0. The highest BCUT2D eigenvalue weighted by atomic mass is 16.7. The number of ether oxygens (including phenoxy) is 2. The summed E-state index contributed by atoms with van der Waals surface area (Å²) in [6.45, 7) is 4.18. The molecule has 112 valence electrons. The minimum atomic E-state index is -0.371. The number of nitrogens with zero attached hydrogens (tertiary/aromatic N) is 3. The SMILES string of the molecule is c1ccn2c(CN3CCOC4(CCCCO4)C3)ncc2c1. The lowest BCUT2D eigenvalue weighted by molar-refractivity contribution is -0.283. The monoisotopic (exact) mass is 287 g/mol. The first-order valence-corrected chi connectivity index (χ1v) is 7.76. The number of hydrogen-bond acceptors (Lipinski definition) is 4. The first-order chi connectivity index (χ1) is 10.3. The van der Waals surface area contributed by atoms with Crippen LogP contribution in [0.1, 0.15) is 25.1 Å². The van der Waals surface area contributed by atoms with Gasteiger partial charge in [-0.2, -0.15) is 0 Å². The van der Waals surface area contributed by atoms with Crippen LogP contribution in [0.3, 0.4) is 0 Å². The van der Waals surface area contributed by atoms with Gasteiger partial charge in [0.25, 0.3) is 0 Å². The predicted octanol–water partition coefficient (Wildman–Crippen LogP) is 2.06. The molecular weight excluding hydrogens is 266 g/mol. The zero-order valence-electron chi connectivity index (χ0n) is 12.2. The molecule has 4 heterocycles. The fourth-order valence-corrected chi connectivity index (χ4v) is 3.34. The van der Waals surface area contributed by atoms with Crippen molar-refractivity contribution in [3.05, 3.63) is 36.4 Å². The summed E-state index contributed by atoms with van der Waals surface area (Å²) in [5.41, 5.74) is 1.14. The Hall–Kier alpha value is -1.43. The van der Waals surface area contributed by atoms with Gasteiger partial charge >= 0.3 is 0 Å². The smallest absolute Gasteiger partial charge is 0.181 e. The van der Waals surface area contributed by atoms with Gasteiger partial charge in [0, 0.05) is 19.2 Å². The number of fused-ring (bicyclic) bond motifs is 1. The van der Waals surface area contributed by atoms with Crippen LogP contribution < -0.4 is 0 Å². The molecule has 2 aromatic heterocycles. The number of morpholine rings is 1. The van der Waals surface area contributed by atoms with Crippen molar-refractivity contribution in [2.24, 2.45) is 0 Å². The Morgan fingerprint density at radius 3 is 3.05 bits per heavy atom. The molecule has 0 bridgehead atoms. The van der Waals surface area contributed by atoms with Crippen molar-refractivity contribution >= 4 is 5.52 Å². The van der Waals surface area contributed by atoms with E-state index >= 15 is 0 Å². The number of aromatic nitrogens is 2. The zero-order valence-corrected chi connectivity index (χ0v) is 12.2. The normalized spacial score (nSPS) is 27.4. The first-order valence-electron chi connectivity index (χ1n) is 7.76. The van der Waals surface area contributed by atoms with E-state index in [1.807, 2.05) is 18.3 Å². The van der Waals surface area contributed by atoms with E-state index in [-0.39, 0.29) is 5.79 Å². The van der Waals surface area contributed by atoms with Gasteiger partial charge in [0.15, 0.2) is 5.79 Å². The number of pyridine rings is 1. The summed E-state index contributed by atoms with van der Waals surface area (Å²) in [6.07, 6.45) is 7.36. The highest BCUT2D eigenvalue weighted by Gasteiger charge is 2.39. The zero-order chi connectivity index (χ0) is 14.1. The lowest BCUT2D eigenvalue weighted by Gasteiger charge is -2.44. The van der Waals surface area contributed by atoms with Crippen molar-refractivity contribution in [3.63, 3.8) is 0 Å². The van der Waals surface area contributed by atoms with E-state index in [2.05, 4.69) is 26.5 Å². The van der Waals surface area contributed by atoms with Crippen LogP contribution in [0.4, 0.5) is 0 Å². The van der Waals surface area contributed by atoms with Gasteiger partial charge in [0.05, 0.1) is 38.0 Å². The molecule has 2 fully saturated rings. The topological polar surface area (TPSA) is 39.0 Å². The van der Waals surface area contributed by atoms with Crippen molar-refractivity contribution in [3.8, 4) is 0 Å². The summed E-state index contributed by atoms with van der Waals surface area (Å²) in [6, 6.07) is 6.17. The van der Waals surface area contributed by atoms with Gasteiger partial charge in [-0.05, 0) is 25.0 Å². The van der Waals surface area contributed by atoms with Crippen LogP contribution in [0.2, 0.25) is 0 Å². The summed E-state index contributed by atoms with van der Waals surface area (Å²) >= 11 is 0. The molecule has 2 aromatic rings. The van der Waals surface area contributed by atoms with Crippen LogP contribution in [-0.4, -0.2) is 46.4 Å².